The van der Waals surface area contributed by atoms with Gasteiger partial charge in [0.25, 0.3) is 0 Å². The van der Waals surface area contributed by atoms with E-state index in [1.54, 1.807) is 13.0 Å². The Kier molecular flexibility index (Phi) is 6.85. The van der Waals surface area contributed by atoms with E-state index in [9.17, 15) is 22.0 Å². The zero-order valence-electron chi connectivity index (χ0n) is 18.2. The van der Waals surface area contributed by atoms with Gasteiger partial charge >= 0.3 is 0 Å². The number of hydrogen-bond donors (Lipinski definition) is 1. The van der Waals surface area contributed by atoms with Crippen LogP contribution in [0.15, 0.2) is 41.3 Å². The van der Waals surface area contributed by atoms with Gasteiger partial charge in [-0.05, 0) is 38.0 Å². The maximum atomic E-state index is 14.0. The molecule has 0 aromatic heterocycles. The summed E-state index contributed by atoms with van der Waals surface area (Å²) in [5.41, 5.74) is 0.194. The van der Waals surface area contributed by atoms with E-state index < -0.39 is 33.6 Å². The number of nitrogens with zero attached hydrogens (tertiary/aromatic N) is 1. The zero-order chi connectivity index (χ0) is 23.6. The molecule has 7 nitrogen and oxygen atoms in total. The number of amides is 1. The number of sulfonamides is 1. The van der Waals surface area contributed by atoms with Crippen LogP contribution in [-0.4, -0.2) is 44.9 Å². The average molecular weight is 481 g/mol. The van der Waals surface area contributed by atoms with E-state index in [0.29, 0.717) is 37.6 Å². The van der Waals surface area contributed by atoms with E-state index in [1.807, 2.05) is 0 Å². The number of rotatable bonds is 5. The Morgan fingerprint density at radius 1 is 1.06 bits per heavy atom. The van der Waals surface area contributed by atoms with Gasteiger partial charge in [-0.15, -0.1) is 0 Å². The Hall–Kier alpha value is -2.72. The minimum absolute atomic E-state index is 0.120. The molecule has 1 atom stereocenters. The van der Waals surface area contributed by atoms with Crippen molar-refractivity contribution in [1.29, 1.82) is 0 Å². The number of benzene rings is 2. The lowest BCUT2D eigenvalue weighted by Gasteiger charge is -2.31. The summed E-state index contributed by atoms with van der Waals surface area (Å²) in [7, 11) is -3.75. The molecule has 1 amide bonds. The smallest absolute Gasteiger partial charge is 0.243 e. The van der Waals surface area contributed by atoms with Gasteiger partial charge in [-0.2, -0.15) is 4.31 Å². The van der Waals surface area contributed by atoms with Crippen molar-refractivity contribution in [3.8, 4) is 11.5 Å². The maximum Gasteiger partial charge on any atom is 0.243 e. The summed E-state index contributed by atoms with van der Waals surface area (Å²) in [6.07, 6.45) is 1.40. The average Bonchev–Trinajstić information content (AvgIpc) is 3.04. The van der Waals surface area contributed by atoms with Crippen LogP contribution in [0, 0.1) is 17.6 Å². The second-order valence-electron chi connectivity index (χ2n) is 8.23. The van der Waals surface area contributed by atoms with E-state index in [-0.39, 0.29) is 29.5 Å². The second-order valence-corrected chi connectivity index (χ2v) is 10.2. The van der Waals surface area contributed by atoms with Crippen LogP contribution in [0.2, 0.25) is 0 Å². The first-order chi connectivity index (χ1) is 15.8. The molecular weight excluding hydrogens is 454 g/mol. The van der Waals surface area contributed by atoms with Crippen LogP contribution in [0.3, 0.4) is 0 Å². The monoisotopic (exact) mass is 480 g/mol. The molecule has 0 unspecified atom stereocenters. The van der Waals surface area contributed by atoms with Gasteiger partial charge in [-0.25, -0.2) is 17.2 Å². The zero-order valence-corrected chi connectivity index (χ0v) is 19.0. The van der Waals surface area contributed by atoms with Gasteiger partial charge in [0, 0.05) is 43.1 Å². The first-order valence-electron chi connectivity index (χ1n) is 10.9. The van der Waals surface area contributed by atoms with Crippen LogP contribution < -0.4 is 14.8 Å². The standard InChI is InChI=1S/C23H26F2N2O5S/c1-15(19-5-3-17(24)13-20(19)25)26-23(28)16-7-9-27(10-8-16)33(29,30)18-4-6-21-22(14-18)32-12-2-11-31-21/h3-6,13-16H,2,7-12H2,1H3,(H,26,28)/t15-/m0/s1. The summed E-state index contributed by atoms with van der Waals surface area (Å²) in [4.78, 5) is 12.8. The highest BCUT2D eigenvalue weighted by molar-refractivity contribution is 7.89. The predicted octanol–water partition coefficient (Wildman–Crippen LogP) is 3.40. The lowest BCUT2D eigenvalue weighted by molar-refractivity contribution is -0.126. The fourth-order valence-electron chi connectivity index (χ4n) is 4.07. The molecule has 0 radical (unpaired) electrons. The summed E-state index contributed by atoms with van der Waals surface area (Å²) >= 11 is 0. The van der Waals surface area contributed by atoms with Crippen molar-refractivity contribution in [2.45, 2.75) is 37.1 Å². The summed E-state index contributed by atoms with van der Waals surface area (Å²) in [6, 6.07) is 7.17. The van der Waals surface area contributed by atoms with Crippen molar-refractivity contribution < 1.29 is 31.5 Å². The maximum absolute atomic E-state index is 14.0. The van der Waals surface area contributed by atoms with Crippen LogP contribution in [0.5, 0.6) is 11.5 Å². The van der Waals surface area contributed by atoms with E-state index in [0.717, 1.165) is 18.6 Å². The summed E-state index contributed by atoms with van der Waals surface area (Å²) in [6.45, 7) is 2.97. The van der Waals surface area contributed by atoms with Gasteiger partial charge in [0.2, 0.25) is 15.9 Å². The molecule has 0 bridgehead atoms. The number of carbonyl (C=O) groups is 1. The molecule has 4 rings (SSSR count). The quantitative estimate of drug-likeness (QED) is 0.709. The van der Waals surface area contributed by atoms with Crippen LogP contribution in [0.4, 0.5) is 8.78 Å². The van der Waals surface area contributed by atoms with E-state index >= 15 is 0 Å². The van der Waals surface area contributed by atoms with E-state index in [1.165, 1.54) is 22.5 Å². The molecule has 178 valence electrons. The summed E-state index contributed by atoms with van der Waals surface area (Å²) in [5, 5.41) is 2.75. The number of fused-ring (bicyclic) bond motifs is 1. The minimum atomic E-state index is -3.75. The number of nitrogens with one attached hydrogen (secondary N) is 1. The number of hydrogen-bond acceptors (Lipinski definition) is 5. The fourth-order valence-corrected chi connectivity index (χ4v) is 5.56. The van der Waals surface area contributed by atoms with Crippen molar-refractivity contribution in [1.82, 2.24) is 9.62 Å². The Labute approximate surface area is 191 Å². The highest BCUT2D eigenvalue weighted by atomic mass is 32.2. The highest BCUT2D eigenvalue weighted by Crippen LogP contribution is 2.34. The lowest BCUT2D eigenvalue weighted by Crippen LogP contribution is -2.43. The highest BCUT2D eigenvalue weighted by Gasteiger charge is 2.33. The Bertz CT molecular complexity index is 1130. The van der Waals surface area contributed by atoms with Gasteiger partial charge in [0.15, 0.2) is 11.5 Å². The third-order valence-corrected chi connectivity index (χ3v) is 7.86. The fraction of sp³-hybridized carbons (Fsp3) is 0.435. The molecule has 0 saturated carbocycles. The molecule has 1 saturated heterocycles. The third kappa shape index (κ3) is 5.11. The Morgan fingerprint density at radius 2 is 1.76 bits per heavy atom. The molecule has 1 fully saturated rings. The van der Waals surface area contributed by atoms with Crippen LogP contribution in [0.25, 0.3) is 0 Å². The first-order valence-corrected chi connectivity index (χ1v) is 12.3. The minimum Gasteiger partial charge on any atom is -0.490 e. The molecule has 10 heteroatoms. The third-order valence-electron chi connectivity index (χ3n) is 5.97. The normalized spacial score (nSPS) is 18.4. The topological polar surface area (TPSA) is 84.9 Å². The van der Waals surface area contributed by atoms with Crippen LogP contribution >= 0.6 is 0 Å². The van der Waals surface area contributed by atoms with Gasteiger partial charge < -0.3 is 14.8 Å². The van der Waals surface area contributed by atoms with Gasteiger partial charge in [0.05, 0.1) is 24.2 Å². The number of piperidine rings is 1. The lowest BCUT2D eigenvalue weighted by atomic mass is 9.96. The second kappa shape index (κ2) is 9.64. The molecule has 33 heavy (non-hydrogen) atoms. The van der Waals surface area contributed by atoms with Crippen LogP contribution in [0.1, 0.15) is 37.8 Å². The van der Waals surface area contributed by atoms with Gasteiger partial charge in [-0.3, -0.25) is 4.79 Å². The van der Waals surface area contributed by atoms with Crippen LogP contribution in [-0.2, 0) is 14.8 Å². The molecule has 2 aromatic carbocycles. The van der Waals surface area contributed by atoms with Gasteiger partial charge in [0.1, 0.15) is 11.6 Å². The molecular formula is C23H26F2N2O5S. The van der Waals surface area contributed by atoms with Crippen molar-refractivity contribution >= 4 is 15.9 Å². The largest absolute Gasteiger partial charge is 0.490 e. The molecule has 0 aliphatic carbocycles. The van der Waals surface area contributed by atoms with Gasteiger partial charge in [-0.1, -0.05) is 6.07 Å². The predicted molar refractivity (Wildman–Crippen MR) is 116 cm³/mol. The number of halogens is 2. The number of carbonyl (C=O) groups excluding carboxylic acids is 1. The molecule has 2 heterocycles. The molecule has 2 aliphatic heterocycles. The van der Waals surface area contributed by atoms with Crippen molar-refractivity contribution in [3.05, 3.63) is 53.6 Å². The first kappa shape index (κ1) is 23.4. The summed E-state index contributed by atoms with van der Waals surface area (Å²) < 4.78 is 65.9. The molecule has 2 aliphatic rings. The Morgan fingerprint density at radius 3 is 2.45 bits per heavy atom. The molecule has 1 N–H and O–H groups in total. The van der Waals surface area contributed by atoms with Crippen molar-refractivity contribution in [2.75, 3.05) is 26.3 Å². The van der Waals surface area contributed by atoms with E-state index in [4.69, 9.17) is 9.47 Å². The van der Waals surface area contributed by atoms with Crippen molar-refractivity contribution in [2.24, 2.45) is 5.92 Å². The van der Waals surface area contributed by atoms with Crippen molar-refractivity contribution in [3.63, 3.8) is 0 Å². The summed E-state index contributed by atoms with van der Waals surface area (Å²) in [5.74, 6) is -1.15. The molecule has 2 aromatic rings. The molecule has 0 spiro atoms. The Balaban J connectivity index is 1.38. The van der Waals surface area contributed by atoms with E-state index in [2.05, 4.69) is 5.32 Å². The SMILES string of the molecule is C[C@H](NC(=O)C1CCN(S(=O)(=O)c2ccc3c(c2)OCCCO3)CC1)c1ccc(F)cc1F. The number of ether oxygens (including phenoxy) is 2.